The molecule has 0 aliphatic carbocycles. The summed E-state index contributed by atoms with van der Waals surface area (Å²) in [5.74, 6) is 0.761. The number of alkyl halides is 3. The largest absolute Gasteiger partial charge is 0.476 e. The molecule has 164 valence electrons. The number of halogens is 3. The number of nitrogens with zero attached hydrogens (tertiary/aromatic N) is 2. The van der Waals surface area contributed by atoms with Crippen LogP contribution in [0.2, 0.25) is 0 Å². The molecule has 0 radical (unpaired) electrons. The van der Waals surface area contributed by atoms with Gasteiger partial charge < -0.3 is 4.74 Å². The Morgan fingerprint density at radius 1 is 1.00 bits per heavy atom. The first-order valence-corrected chi connectivity index (χ1v) is 10.8. The zero-order valence-corrected chi connectivity index (χ0v) is 17.5. The molecule has 0 aliphatic rings. The van der Waals surface area contributed by atoms with E-state index in [0.717, 1.165) is 18.2 Å². The van der Waals surface area contributed by atoms with Crippen LogP contribution in [0, 0.1) is 5.92 Å². The Morgan fingerprint density at radius 2 is 1.71 bits per heavy atom. The number of nitrogens with one attached hydrogen (secondary N) is 1. The minimum atomic E-state index is -4.64. The van der Waals surface area contributed by atoms with Crippen LogP contribution in [0.5, 0.6) is 5.88 Å². The molecule has 0 saturated heterocycles. The lowest BCUT2D eigenvalue weighted by Crippen LogP contribution is -2.14. The van der Waals surface area contributed by atoms with Crippen LogP contribution in [0.4, 0.5) is 18.9 Å². The maximum atomic E-state index is 12.9. The summed E-state index contributed by atoms with van der Waals surface area (Å²) in [5, 5.41) is 8.09. The second kappa shape index (κ2) is 8.93. The summed E-state index contributed by atoms with van der Waals surface area (Å²) in [6, 6.07) is 13.2. The van der Waals surface area contributed by atoms with E-state index in [4.69, 9.17) is 4.74 Å². The third-order valence-corrected chi connectivity index (χ3v) is 5.49. The summed E-state index contributed by atoms with van der Waals surface area (Å²) < 4.78 is 71.3. The van der Waals surface area contributed by atoms with Gasteiger partial charge in [-0.1, -0.05) is 32.0 Å². The van der Waals surface area contributed by atoms with Crippen LogP contribution in [0.15, 0.2) is 65.6 Å². The fourth-order valence-electron chi connectivity index (χ4n) is 2.57. The quantitative estimate of drug-likeness (QED) is 0.547. The summed E-state index contributed by atoms with van der Waals surface area (Å²) in [6.45, 7) is 4.56. The van der Waals surface area contributed by atoms with Gasteiger partial charge in [-0.25, -0.2) is 8.42 Å². The van der Waals surface area contributed by atoms with E-state index < -0.39 is 26.7 Å². The molecule has 3 rings (SSSR count). The molecule has 31 heavy (non-hydrogen) atoms. The lowest BCUT2D eigenvalue weighted by molar-refractivity contribution is -0.137. The Balaban J connectivity index is 1.73. The van der Waals surface area contributed by atoms with Gasteiger partial charge >= 0.3 is 6.18 Å². The molecule has 0 atom stereocenters. The number of rotatable bonds is 7. The highest BCUT2D eigenvalue weighted by Gasteiger charge is 2.31. The molecule has 0 saturated carbocycles. The zero-order valence-electron chi connectivity index (χ0n) is 16.7. The second-order valence-electron chi connectivity index (χ2n) is 7.17. The lowest BCUT2D eigenvalue weighted by Gasteiger charge is -2.11. The van der Waals surface area contributed by atoms with Crippen molar-refractivity contribution in [1.29, 1.82) is 0 Å². The van der Waals surface area contributed by atoms with Crippen LogP contribution in [0.3, 0.4) is 0 Å². The number of hydrogen-bond donors (Lipinski definition) is 1. The fraction of sp³-hybridized carbons (Fsp3) is 0.238. The summed E-state index contributed by atoms with van der Waals surface area (Å²) in [4.78, 5) is -0.478. The van der Waals surface area contributed by atoms with Crippen LogP contribution in [-0.2, 0) is 16.2 Å². The van der Waals surface area contributed by atoms with E-state index in [1.165, 1.54) is 12.1 Å². The van der Waals surface area contributed by atoms with Crippen LogP contribution in [0.1, 0.15) is 19.4 Å². The third kappa shape index (κ3) is 5.94. The van der Waals surface area contributed by atoms with Gasteiger partial charge in [-0.3, -0.25) is 4.72 Å². The highest BCUT2D eigenvalue weighted by Crippen LogP contribution is 2.31. The van der Waals surface area contributed by atoms with Crippen molar-refractivity contribution >= 4 is 15.7 Å². The molecule has 0 amide bonds. The highest BCUT2D eigenvalue weighted by atomic mass is 32.2. The maximum Gasteiger partial charge on any atom is 0.416 e. The Morgan fingerprint density at radius 3 is 2.29 bits per heavy atom. The molecule has 6 nitrogen and oxygen atoms in total. The van der Waals surface area contributed by atoms with Crippen molar-refractivity contribution in [2.45, 2.75) is 24.9 Å². The molecule has 1 aromatic heterocycles. The Labute approximate surface area is 178 Å². The molecule has 0 unspecified atom stereocenters. The number of sulfonamides is 1. The molecular formula is C21H20F3N3O3S. The Hall–Kier alpha value is -3.14. The van der Waals surface area contributed by atoms with E-state index in [0.29, 0.717) is 35.7 Å². The van der Waals surface area contributed by atoms with Crippen LogP contribution >= 0.6 is 0 Å². The summed E-state index contributed by atoms with van der Waals surface area (Å²) in [5.41, 5.74) is 0.408. The highest BCUT2D eigenvalue weighted by molar-refractivity contribution is 7.92. The van der Waals surface area contributed by atoms with Gasteiger partial charge in [0.2, 0.25) is 5.88 Å². The molecule has 1 heterocycles. The molecular weight excluding hydrogens is 431 g/mol. The van der Waals surface area contributed by atoms with Crippen LogP contribution in [-0.4, -0.2) is 25.2 Å². The fourth-order valence-corrected chi connectivity index (χ4v) is 3.67. The van der Waals surface area contributed by atoms with Crippen LogP contribution in [0.25, 0.3) is 11.3 Å². The van der Waals surface area contributed by atoms with Gasteiger partial charge in [-0.15, -0.1) is 10.2 Å². The molecule has 10 heteroatoms. The lowest BCUT2D eigenvalue weighted by atomic mass is 10.1. The Kier molecular flexibility index (Phi) is 6.49. The van der Waals surface area contributed by atoms with Crippen molar-refractivity contribution in [3.63, 3.8) is 0 Å². The van der Waals surface area contributed by atoms with Crippen molar-refractivity contribution < 1.29 is 26.3 Å². The van der Waals surface area contributed by atoms with E-state index in [9.17, 15) is 21.6 Å². The van der Waals surface area contributed by atoms with Crippen LogP contribution < -0.4 is 9.46 Å². The number of aromatic nitrogens is 2. The van der Waals surface area contributed by atoms with Crippen molar-refractivity contribution in [1.82, 2.24) is 10.2 Å². The van der Waals surface area contributed by atoms with Crippen molar-refractivity contribution in [2.24, 2.45) is 5.92 Å². The van der Waals surface area contributed by atoms with E-state index in [-0.39, 0.29) is 5.69 Å². The predicted octanol–water partition coefficient (Wildman–Crippen LogP) is 5.00. The number of hydrogen-bond acceptors (Lipinski definition) is 5. The first-order valence-electron chi connectivity index (χ1n) is 9.31. The molecule has 1 N–H and O–H groups in total. The maximum absolute atomic E-state index is 12.9. The third-order valence-electron chi connectivity index (χ3n) is 4.11. The normalized spacial score (nSPS) is 12.1. The molecule has 0 aliphatic heterocycles. The van der Waals surface area contributed by atoms with Gasteiger partial charge in [-0.2, -0.15) is 13.2 Å². The van der Waals surface area contributed by atoms with E-state index >= 15 is 0 Å². The number of benzene rings is 2. The topological polar surface area (TPSA) is 81.2 Å². The second-order valence-corrected chi connectivity index (χ2v) is 8.85. The van der Waals surface area contributed by atoms with Gasteiger partial charge in [0, 0.05) is 17.3 Å². The molecule has 3 aromatic rings. The van der Waals surface area contributed by atoms with Gasteiger partial charge in [0.15, 0.2) is 0 Å². The minimum absolute atomic E-state index is 0.200. The summed E-state index contributed by atoms with van der Waals surface area (Å²) in [6.07, 6.45) is -4.64. The average Bonchev–Trinajstić information content (AvgIpc) is 2.72. The zero-order chi connectivity index (χ0) is 22.6. The molecule has 0 fully saturated rings. The summed E-state index contributed by atoms with van der Waals surface area (Å²) in [7, 11) is -4.19. The smallest absolute Gasteiger partial charge is 0.416 e. The van der Waals surface area contributed by atoms with Crippen molar-refractivity contribution in [3.8, 4) is 17.1 Å². The SMILES string of the molecule is CC(C)COc1ccc(-c2ccc(NS(=O)(=O)c3cccc(C(F)(F)F)c3)cc2)nn1. The summed E-state index contributed by atoms with van der Waals surface area (Å²) >= 11 is 0. The molecule has 2 aromatic carbocycles. The van der Waals surface area contributed by atoms with Gasteiger partial charge in [0.25, 0.3) is 10.0 Å². The standard InChI is InChI=1S/C21H20F3N3O3S/c1-14(2)13-30-20-11-10-19(25-26-20)15-6-8-17(9-7-15)27-31(28,29)18-5-3-4-16(12-18)21(22,23)24/h3-12,14,27H,13H2,1-2H3. The van der Waals surface area contributed by atoms with E-state index in [2.05, 4.69) is 14.9 Å². The average molecular weight is 451 g/mol. The number of anilines is 1. The minimum Gasteiger partial charge on any atom is -0.476 e. The monoisotopic (exact) mass is 451 g/mol. The van der Waals surface area contributed by atoms with Crippen molar-refractivity contribution in [3.05, 3.63) is 66.2 Å². The first kappa shape index (κ1) is 22.5. The Bertz CT molecular complexity index is 1130. The number of ether oxygens (including phenoxy) is 1. The molecule has 0 spiro atoms. The van der Waals surface area contributed by atoms with E-state index in [1.807, 2.05) is 13.8 Å². The van der Waals surface area contributed by atoms with E-state index in [1.54, 1.807) is 24.3 Å². The van der Waals surface area contributed by atoms with Crippen molar-refractivity contribution in [2.75, 3.05) is 11.3 Å². The molecule has 0 bridgehead atoms. The predicted molar refractivity (Wildman–Crippen MR) is 110 cm³/mol. The van der Waals surface area contributed by atoms with Gasteiger partial charge in [0.05, 0.1) is 22.8 Å². The first-order chi connectivity index (χ1) is 14.5. The van der Waals surface area contributed by atoms with Gasteiger partial charge in [-0.05, 0) is 42.3 Å². The van der Waals surface area contributed by atoms with Gasteiger partial charge in [0.1, 0.15) is 0 Å².